The summed E-state index contributed by atoms with van der Waals surface area (Å²) >= 11 is 1.60. The lowest BCUT2D eigenvalue weighted by atomic mass is 10.1. The van der Waals surface area contributed by atoms with Gasteiger partial charge in [-0.15, -0.1) is 0 Å². The maximum atomic E-state index is 13.2. The molecule has 0 spiro atoms. The lowest BCUT2D eigenvalue weighted by Crippen LogP contribution is -2.49. The van der Waals surface area contributed by atoms with E-state index >= 15 is 0 Å². The van der Waals surface area contributed by atoms with Crippen LogP contribution in [0.3, 0.4) is 0 Å². The summed E-state index contributed by atoms with van der Waals surface area (Å²) in [5.41, 5.74) is 2.80. The number of ether oxygens (including phenoxy) is 1. The summed E-state index contributed by atoms with van der Waals surface area (Å²) in [6.45, 7) is 3.49. The number of carbonyl (C=O) groups is 3. The molecule has 3 aliphatic rings. The van der Waals surface area contributed by atoms with E-state index in [4.69, 9.17) is 4.74 Å². The van der Waals surface area contributed by atoms with Crippen molar-refractivity contribution in [2.45, 2.75) is 25.4 Å². The number of hydrogen-bond donors (Lipinski definition) is 0. The van der Waals surface area contributed by atoms with E-state index < -0.39 is 0 Å². The molecular weight excluding hydrogens is 414 g/mol. The Morgan fingerprint density at radius 3 is 2.65 bits per heavy atom. The van der Waals surface area contributed by atoms with E-state index in [0.29, 0.717) is 56.9 Å². The van der Waals surface area contributed by atoms with Gasteiger partial charge in [-0.2, -0.15) is 11.3 Å². The minimum absolute atomic E-state index is 0.0663. The molecular formula is C23H25N3O4S. The fourth-order valence-corrected chi connectivity index (χ4v) is 5.28. The van der Waals surface area contributed by atoms with E-state index in [1.165, 1.54) is 4.90 Å². The van der Waals surface area contributed by atoms with Crippen LogP contribution in [0.15, 0.2) is 35.0 Å². The van der Waals surface area contributed by atoms with Crippen LogP contribution in [-0.4, -0.2) is 73.0 Å². The second kappa shape index (κ2) is 8.43. The van der Waals surface area contributed by atoms with Crippen LogP contribution in [0.25, 0.3) is 0 Å². The summed E-state index contributed by atoms with van der Waals surface area (Å²) in [4.78, 5) is 44.0. The van der Waals surface area contributed by atoms with Gasteiger partial charge in [0, 0.05) is 32.8 Å². The maximum Gasteiger partial charge on any atom is 0.263 e. The highest BCUT2D eigenvalue weighted by molar-refractivity contribution is 7.08. The summed E-state index contributed by atoms with van der Waals surface area (Å²) in [6, 6.07) is 7.46. The van der Waals surface area contributed by atoms with Crippen LogP contribution in [0.1, 0.15) is 39.1 Å². The average Bonchev–Trinajstić information content (AvgIpc) is 3.54. The Hall–Kier alpha value is -2.71. The summed E-state index contributed by atoms with van der Waals surface area (Å²) in [7, 11) is 0. The molecule has 7 nitrogen and oxygen atoms in total. The van der Waals surface area contributed by atoms with E-state index in [1.807, 2.05) is 33.9 Å². The molecule has 3 amide bonds. The van der Waals surface area contributed by atoms with Gasteiger partial charge < -0.3 is 14.5 Å². The first-order valence-electron chi connectivity index (χ1n) is 10.8. The molecule has 4 heterocycles. The monoisotopic (exact) mass is 439 g/mol. The predicted octanol–water partition coefficient (Wildman–Crippen LogP) is 2.41. The summed E-state index contributed by atoms with van der Waals surface area (Å²) < 4.78 is 5.64. The topological polar surface area (TPSA) is 70.2 Å². The normalized spacial score (nSPS) is 21.2. The van der Waals surface area contributed by atoms with Gasteiger partial charge in [0.25, 0.3) is 11.8 Å². The number of benzene rings is 1. The van der Waals surface area contributed by atoms with E-state index in [9.17, 15) is 14.4 Å². The Bertz CT molecular complexity index is 992. The SMILES string of the molecule is O=C(Cc1ccsc1)N1CCN(c2cccc3c2C(=O)N(CC2CCCO2)C3=O)CC1. The number of thiophene rings is 1. The fraction of sp³-hybridized carbons (Fsp3) is 0.435. The predicted molar refractivity (Wildman–Crippen MR) is 118 cm³/mol. The summed E-state index contributed by atoms with van der Waals surface area (Å²) in [5, 5.41) is 3.99. The Morgan fingerprint density at radius 2 is 1.94 bits per heavy atom. The van der Waals surface area contributed by atoms with Gasteiger partial charge in [-0.05, 0) is 47.4 Å². The zero-order valence-electron chi connectivity index (χ0n) is 17.3. The molecule has 2 fully saturated rings. The second-order valence-electron chi connectivity index (χ2n) is 8.23. The first-order chi connectivity index (χ1) is 15.1. The number of nitrogens with zero attached hydrogens (tertiary/aromatic N) is 3. The molecule has 8 heteroatoms. The molecule has 0 radical (unpaired) electrons. The molecule has 0 saturated carbocycles. The van der Waals surface area contributed by atoms with E-state index in [1.54, 1.807) is 17.4 Å². The van der Waals surface area contributed by atoms with Gasteiger partial charge in [-0.1, -0.05) is 6.07 Å². The van der Waals surface area contributed by atoms with Crippen LogP contribution in [-0.2, 0) is 16.0 Å². The number of amides is 3. The fourth-order valence-electron chi connectivity index (χ4n) is 4.61. The van der Waals surface area contributed by atoms with Crippen molar-refractivity contribution in [3.63, 3.8) is 0 Å². The van der Waals surface area contributed by atoms with Crippen molar-refractivity contribution < 1.29 is 19.1 Å². The molecule has 2 saturated heterocycles. The smallest absolute Gasteiger partial charge is 0.263 e. The van der Waals surface area contributed by atoms with E-state index in [-0.39, 0.29) is 23.8 Å². The number of rotatable bonds is 5. The molecule has 5 rings (SSSR count). The Kier molecular flexibility index (Phi) is 5.50. The largest absolute Gasteiger partial charge is 0.376 e. The molecule has 0 aliphatic carbocycles. The zero-order chi connectivity index (χ0) is 21.4. The molecule has 31 heavy (non-hydrogen) atoms. The highest BCUT2D eigenvalue weighted by Gasteiger charge is 2.40. The van der Waals surface area contributed by atoms with Crippen LogP contribution in [0.2, 0.25) is 0 Å². The van der Waals surface area contributed by atoms with Crippen molar-refractivity contribution in [1.82, 2.24) is 9.80 Å². The molecule has 162 valence electrons. The summed E-state index contributed by atoms with van der Waals surface area (Å²) in [5.74, 6) is -0.339. The third-order valence-electron chi connectivity index (χ3n) is 6.30. The molecule has 1 atom stereocenters. The van der Waals surface area contributed by atoms with Gasteiger partial charge in [0.1, 0.15) is 0 Å². The summed E-state index contributed by atoms with van der Waals surface area (Å²) in [6.07, 6.45) is 2.20. The molecule has 2 aromatic rings. The molecule has 1 unspecified atom stereocenters. The van der Waals surface area contributed by atoms with Crippen molar-refractivity contribution in [1.29, 1.82) is 0 Å². The molecule has 1 aromatic carbocycles. The first kappa shape index (κ1) is 20.2. The van der Waals surface area contributed by atoms with Crippen molar-refractivity contribution in [3.8, 4) is 0 Å². The van der Waals surface area contributed by atoms with Gasteiger partial charge in [-0.25, -0.2) is 0 Å². The zero-order valence-corrected chi connectivity index (χ0v) is 18.1. The van der Waals surface area contributed by atoms with Gasteiger partial charge in [0.05, 0.1) is 35.9 Å². The van der Waals surface area contributed by atoms with Crippen LogP contribution >= 0.6 is 11.3 Å². The Balaban J connectivity index is 1.28. The standard InChI is InChI=1S/C23H25N3O4S/c27-20(13-16-6-12-31-15-16)25-9-7-24(8-10-25)19-5-1-4-18-21(19)23(29)26(22(18)28)14-17-3-2-11-30-17/h1,4-6,12,15,17H,2-3,7-11,13-14H2. The average molecular weight is 440 g/mol. The number of piperazine rings is 1. The Morgan fingerprint density at radius 1 is 1.10 bits per heavy atom. The van der Waals surface area contributed by atoms with Gasteiger partial charge in [0.2, 0.25) is 5.91 Å². The minimum Gasteiger partial charge on any atom is -0.376 e. The first-order valence-corrected chi connectivity index (χ1v) is 11.7. The van der Waals surface area contributed by atoms with Gasteiger partial charge >= 0.3 is 0 Å². The van der Waals surface area contributed by atoms with Crippen molar-refractivity contribution >= 4 is 34.7 Å². The van der Waals surface area contributed by atoms with E-state index in [2.05, 4.69) is 4.90 Å². The number of carbonyl (C=O) groups excluding carboxylic acids is 3. The third kappa shape index (κ3) is 3.85. The highest BCUT2D eigenvalue weighted by Crippen LogP contribution is 2.33. The highest BCUT2D eigenvalue weighted by atomic mass is 32.1. The van der Waals surface area contributed by atoms with Crippen LogP contribution in [0, 0.1) is 0 Å². The molecule has 0 N–H and O–H groups in total. The van der Waals surface area contributed by atoms with Crippen molar-refractivity contribution in [3.05, 3.63) is 51.7 Å². The lowest BCUT2D eigenvalue weighted by Gasteiger charge is -2.36. The quantitative estimate of drug-likeness (QED) is 0.670. The minimum atomic E-state index is -0.234. The van der Waals surface area contributed by atoms with Gasteiger partial charge in [-0.3, -0.25) is 19.3 Å². The van der Waals surface area contributed by atoms with Crippen LogP contribution in [0.5, 0.6) is 0 Å². The molecule has 0 bridgehead atoms. The molecule has 1 aromatic heterocycles. The lowest BCUT2D eigenvalue weighted by molar-refractivity contribution is -0.130. The van der Waals surface area contributed by atoms with Crippen molar-refractivity contribution in [2.24, 2.45) is 0 Å². The van der Waals surface area contributed by atoms with Gasteiger partial charge in [0.15, 0.2) is 0 Å². The van der Waals surface area contributed by atoms with Crippen LogP contribution in [0.4, 0.5) is 5.69 Å². The number of hydrogen-bond acceptors (Lipinski definition) is 6. The van der Waals surface area contributed by atoms with E-state index in [0.717, 1.165) is 24.1 Å². The molecule has 3 aliphatic heterocycles. The second-order valence-corrected chi connectivity index (χ2v) is 9.01. The maximum absolute atomic E-state index is 13.2. The Labute approximate surface area is 185 Å². The van der Waals surface area contributed by atoms with Crippen LogP contribution < -0.4 is 4.90 Å². The van der Waals surface area contributed by atoms with Crippen molar-refractivity contribution in [2.75, 3.05) is 44.2 Å². The number of fused-ring (bicyclic) bond motifs is 1. The third-order valence-corrected chi connectivity index (χ3v) is 7.03. The number of imide groups is 1. The number of anilines is 1.